The number of hydrogen-bond acceptors (Lipinski definition) is 2. The number of amides is 1. The summed E-state index contributed by atoms with van der Waals surface area (Å²) in [6.07, 6.45) is 4.14. The zero-order valence-corrected chi connectivity index (χ0v) is 7.89. The Morgan fingerprint density at radius 3 is 3.07 bits per heavy atom. The molecule has 2 radical (unpaired) electrons. The van der Waals surface area contributed by atoms with E-state index in [9.17, 15) is 4.79 Å². The number of likely N-dealkylation sites (tertiary alicyclic amines) is 1. The highest BCUT2D eigenvalue weighted by Gasteiger charge is 2.24. The molecule has 0 aromatic carbocycles. The van der Waals surface area contributed by atoms with Gasteiger partial charge in [0.05, 0.1) is 5.56 Å². The standard InChI is InChI=1S/C11H12N2O/c1-9-4-6-13(8-9)11(14)10-3-2-5-12-7-10/h1-3,5,7,9H,4,6,8H2. The molecule has 3 nitrogen and oxygen atoms in total. The normalized spacial score (nSPS) is 21.2. The lowest BCUT2D eigenvalue weighted by molar-refractivity contribution is 0.0789. The highest BCUT2D eigenvalue weighted by molar-refractivity contribution is 5.94. The molecule has 1 atom stereocenters. The van der Waals surface area contributed by atoms with Crippen molar-refractivity contribution in [2.24, 2.45) is 5.92 Å². The molecule has 1 aliphatic rings. The molecular weight excluding hydrogens is 176 g/mol. The lowest BCUT2D eigenvalue weighted by Gasteiger charge is -2.15. The van der Waals surface area contributed by atoms with Crippen molar-refractivity contribution in [3.8, 4) is 0 Å². The molecule has 1 amide bonds. The highest BCUT2D eigenvalue weighted by atomic mass is 16.2. The Balaban J connectivity index is 2.10. The largest absolute Gasteiger partial charge is 0.338 e. The first-order valence-corrected chi connectivity index (χ1v) is 4.72. The Hall–Kier alpha value is -1.38. The van der Waals surface area contributed by atoms with Gasteiger partial charge in [-0.2, -0.15) is 0 Å². The Kier molecular flexibility index (Phi) is 2.48. The first kappa shape index (κ1) is 9.19. The highest BCUT2D eigenvalue weighted by Crippen LogP contribution is 2.16. The summed E-state index contributed by atoms with van der Waals surface area (Å²) in [5, 5.41) is 0. The minimum Gasteiger partial charge on any atom is -0.338 e. The average Bonchev–Trinajstić information content (AvgIpc) is 2.65. The number of hydrogen-bond donors (Lipinski definition) is 0. The number of aromatic nitrogens is 1. The van der Waals surface area contributed by atoms with Crippen molar-refractivity contribution in [3.63, 3.8) is 0 Å². The summed E-state index contributed by atoms with van der Waals surface area (Å²) in [7, 11) is 0. The molecule has 1 aromatic heterocycles. The van der Waals surface area contributed by atoms with Crippen LogP contribution in [0, 0.1) is 12.8 Å². The molecule has 2 rings (SSSR count). The Morgan fingerprint density at radius 2 is 2.50 bits per heavy atom. The Labute approximate surface area is 83.8 Å². The van der Waals surface area contributed by atoms with Crippen LogP contribution in [0.1, 0.15) is 16.8 Å². The molecule has 0 bridgehead atoms. The van der Waals surface area contributed by atoms with E-state index in [1.807, 2.05) is 0 Å². The number of pyridine rings is 1. The SMILES string of the molecule is [CH]C1CCN(C(=O)c2cccnc2)C1. The van der Waals surface area contributed by atoms with Crippen LogP contribution in [0.3, 0.4) is 0 Å². The quantitative estimate of drug-likeness (QED) is 0.664. The van der Waals surface area contributed by atoms with Gasteiger partial charge in [-0.3, -0.25) is 9.78 Å². The van der Waals surface area contributed by atoms with Gasteiger partial charge < -0.3 is 4.90 Å². The van der Waals surface area contributed by atoms with Gasteiger partial charge in [-0.05, 0) is 31.4 Å². The maximum Gasteiger partial charge on any atom is 0.255 e. The summed E-state index contributed by atoms with van der Waals surface area (Å²) < 4.78 is 0. The average molecular weight is 188 g/mol. The van der Waals surface area contributed by atoms with E-state index in [1.165, 1.54) is 0 Å². The summed E-state index contributed by atoms with van der Waals surface area (Å²) in [6, 6.07) is 3.54. The van der Waals surface area contributed by atoms with Gasteiger partial charge >= 0.3 is 0 Å². The molecule has 1 fully saturated rings. The van der Waals surface area contributed by atoms with Crippen molar-refractivity contribution in [3.05, 3.63) is 37.0 Å². The van der Waals surface area contributed by atoms with E-state index in [0.717, 1.165) is 13.0 Å². The maximum atomic E-state index is 11.8. The topological polar surface area (TPSA) is 33.2 Å². The summed E-state index contributed by atoms with van der Waals surface area (Å²) in [4.78, 5) is 17.5. The second kappa shape index (κ2) is 3.78. The predicted octanol–water partition coefficient (Wildman–Crippen LogP) is 1.25. The molecule has 2 heterocycles. The van der Waals surface area contributed by atoms with Crippen LogP contribution in [0.5, 0.6) is 0 Å². The third-order valence-corrected chi connectivity index (χ3v) is 2.42. The van der Waals surface area contributed by atoms with Gasteiger partial charge in [0.2, 0.25) is 0 Å². The minimum atomic E-state index is 0.0334. The molecule has 0 saturated carbocycles. The van der Waals surface area contributed by atoms with Crippen molar-refractivity contribution in [2.45, 2.75) is 6.42 Å². The lowest BCUT2D eigenvalue weighted by atomic mass is 10.2. The van der Waals surface area contributed by atoms with Crippen molar-refractivity contribution in [1.29, 1.82) is 0 Å². The number of rotatable bonds is 1. The smallest absolute Gasteiger partial charge is 0.255 e. The summed E-state index contributed by atoms with van der Waals surface area (Å²) >= 11 is 0. The van der Waals surface area contributed by atoms with E-state index in [1.54, 1.807) is 29.4 Å². The number of nitrogens with zero attached hydrogens (tertiary/aromatic N) is 2. The van der Waals surface area contributed by atoms with Crippen LogP contribution in [0.2, 0.25) is 0 Å². The van der Waals surface area contributed by atoms with Gasteiger partial charge in [-0.15, -0.1) is 0 Å². The molecule has 1 aliphatic heterocycles. The molecule has 14 heavy (non-hydrogen) atoms. The number of carbonyl (C=O) groups excluding carboxylic acids is 1. The first-order chi connectivity index (χ1) is 6.77. The molecule has 0 N–H and O–H groups in total. The zero-order valence-electron chi connectivity index (χ0n) is 7.89. The van der Waals surface area contributed by atoms with Crippen molar-refractivity contribution >= 4 is 5.91 Å². The summed E-state index contributed by atoms with van der Waals surface area (Å²) in [5.41, 5.74) is 0.640. The van der Waals surface area contributed by atoms with Gasteiger partial charge in [0.1, 0.15) is 0 Å². The van der Waals surface area contributed by atoms with Crippen molar-refractivity contribution < 1.29 is 4.79 Å². The fourth-order valence-electron chi connectivity index (χ4n) is 1.64. The predicted molar refractivity (Wildman–Crippen MR) is 52.5 cm³/mol. The lowest BCUT2D eigenvalue weighted by Crippen LogP contribution is -2.28. The second-order valence-corrected chi connectivity index (χ2v) is 3.54. The van der Waals surface area contributed by atoms with E-state index in [-0.39, 0.29) is 11.8 Å². The molecule has 0 aliphatic carbocycles. The van der Waals surface area contributed by atoms with Crippen LogP contribution >= 0.6 is 0 Å². The van der Waals surface area contributed by atoms with Gasteiger partial charge in [-0.25, -0.2) is 0 Å². The van der Waals surface area contributed by atoms with E-state index in [0.29, 0.717) is 12.1 Å². The molecule has 72 valence electrons. The fraction of sp³-hybridized carbons (Fsp3) is 0.364. The monoisotopic (exact) mass is 188 g/mol. The third kappa shape index (κ3) is 1.76. The van der Waals surface area contributed by atoms with E-state index < -0.39 is 0 Å². The van der Waals surface area contributed by atoms with Crippen LogP contribution in [-0.2, 0) is 0 Å². The zero-order chi connectivity index (χ0) is 9.97. The van der Waals surface area contributed by atoms with Crippen molar-refractivity contribution in [1.82, 2.24) is 9.88 Å². The van der Waals surface area contributed by atoms with Crippen LogP contribution in [0.25, 0.3) is 0 Å². The molecule has 0 spiro atoms. The molecule has 3 heteroatoms. The van der Waals surface area contributed by atoms with E-state index in [4.69, 9.17) is 6.92 Å². The summed E-state index contributed by atoms with van der Waals surface area (Å²) in [6.45, 7) is 7.15. The van der Waals surface area contributed by atoms with Gasteiger partial charge in [-0.1, -0.05) is 0 Å². The Bertz CT molecular complexity index is 323. The molecule has 1 unspecified atom stereocenters. The fourth-order valence-corrected chi connectivity index (χ4v) is 1.64. The molecular formula is C11H12N2O. The second-order valence-electron chi connectivity index (χ2n) is 3.54. The Morgan fingerprint density at radius 1 is 1.64 bits per heavy atom. The van der Waals surface area contributed by atoms with Crippen LogP contribution in [0.4, 0.5) is 0 Å². The maximum absolute atomic E-state index is 11.8. The van der Waals surface area contributed by atoms with E-state index >= 15 is 0 Å². The van der Waals surface area contributed by atoms with Crippen LogP contribution < -0.4 is 0 Å². The van der Waals surface area contributed by atoms with Gasteiger partial charge in [0, 0.05) is 25.5 Å². The first-order valence-electron chi connectivity index (χ1n) is 4.72. The third-order valence-electron chi connectivity index (χ3n) is 2.42. The van der Waals surface area contributed by atoms with Gasteiger partial charge in [0.25, 0.3) is 5.91 Å². The molecule has 1 saturated heterocycles. The van der Waals surface area contributed by atoms with Crippen molar-refractivity contribution in [2.75, 3.05) is 13.1 Å². The van der Waals surface area contributed by atoms with Crippen LogP contribution in [0.15, 0.2) is 24.5 Å². The number of carbonyl (C=O) groups is 1. The molecule has 1 aromatic rings. The van der Waals surface area contributed by atoms with E-state index in [2.05, 4.69) is 4.98 Å². The summed E-state index contributed by atoms with van der Waals surface area (Å²) in [5.74, 6) is 0.168. The minimum absolute atomic E-state index is 0.0334. The van der Waals surface area contributed by atoms with Gasteiger partial charge in [0.15, 0.2) is 0 Å². The van der Waals surface area contributed by atoms with Crippen LogP contribution in [-0.4, -0.2) is 28.9 Å².